The Labute approximate surface area is 104 Å². The molecule has 1 heteroatoms. The standard InChI is InChI=1S/C16H21F/c1-4-11(2)16(13-6-5-7-13)14-8-9-15(17)12(3)10-14/h8-11H,4-7H2,1-3H3. The Balaban J connectivity index is 2.42. The maximum atomic E-state index is 13.3. The third kappa shape index (κ3) is 2.43. The highest BCUT2D eigenvalue weighted by atomic mass is 19.1. The second-order valence-corrected chi connectivity index (χ2v) is 5.14. The molecule has 17 heavy (non-hydrogen) atoms. The lowest BCUT2D eigenvalue weighted by molar-refractivity contribution is 0.616. The van der Waals surface area contributed by atoms with Crippen molar-refractivity contribution in [2.45, 2.75) is 46.5 Å². The highest BCUT2D eigenvalue weighted by Gasteiger charge is 2.20. The van der Waals surface area contributed by atoms with Crippen LogP contribution in [0.1, 0.15) is 50.7 Å². The third-order valence-electron chi connectivity index (χ3n) is 3.91. The summed E-state index contributed by atoms with van der Waals surface area (Å²) >= 11 is 0. The fourth-order valence-electron chi connectivity index (χ4n) is 2.48. The van der Waals surface area contributed by atoms with Gasteiger partial charge in [-0.3, -0.25) is 0 Å². The molecular formula is C16H21F. The van der Waals surface area contributed by atoms with Crippen LogP contribution in [0.5, 0.6) is 0 Å². The van der Waals surface area contributed by atoms with E-state index in [9.17, 15) is 4.39 Å². The summed E-state index contributed by atoms with van der Waals surface area (Å²) in [5, 5.41) is 0. The van der Waals surface area contributed by atoms with Crippen LogP contribution in [0.25, 0.3) is 5.57 Å². The smallest absolute Gasteiger partial charge is 0.126 e. The quantitative estimate of drug-likeness (QED) is 0.678. The average Bonchev–Trinajstić information content (AvgIpc) is 2.26. The van der Waals surface area contributed by atoms with Crippen LogP contribution in [-0.2, 0) is 0 Å². The lowest BCUT2D eigenvalue weighted by Gasteiger charge is -2.26. The molecule has 0 bridgehead atoms. The number of hydrogen-bond acceptors (Lipinski definition) is 0. The molecule has 0 nitrogen and oxygen atoms in total. The van der Waals surface area contributed by atoms with Crippen molar-refractivity contribution < 1.29 is 4.39 Å². The van der Waals surface area contributed by atoms with E-state index in [2.05, 4.69) is 13.8 Å². The van der Waals surface area contributed by atoms with E-state index in [1.165, 1.54) is 30.4 Å². The van der Waals surface area contributed by atoms with Crippen molar-refractivity contribution in [3.8, 4) is 0 Å². The van der Waals surface area contributed by atoms with Crippen LogP contribution in [-0.4, -0.2) is 0 Å². The van der Waals surface area contributed by atoms with Crippen molar-refractivity contribution in [1.29, 1.82) is 0 Å². The number of aryl methyl sites for hydroxylation is 1. The summed E-state index contributed by atoms with van der Waals surface area (Å²) in [4.78, 5) is 0. The second-order valence-electron chi connectivity index (χ2n) is 5.14. The van der Waals surface area contributed by atoms with Crippen LogP contribution in [0, 0.1) is 18.7 Å². The van der Waals surface area contributed by atoms with Gasteiger partial charge >= 0.3 is 0 Å². The maximum Gasteiger partial charge on any atom is 0.126 e. The predicted molar refractivity (Wildman–Crippen MR) is 71.4 cm³/mol. The van der Waals surface area contributed by atoms with Gasteiger partial charge in [-0.25, -0.2) is 4.39 Å². The molecule has 1 saturated carbocycles. The molecule has 0 N–H and O–H groups in total. The summed E-state index contributed by atoms with van der Waals surface area (Å²) in [5.74, 6) is 0.478. The molecular weight excluding hydrogens is 211 g/mol. The highest BCUT2D eigenvalue weighted by Crippen LogP contribution is 2.38. The van der Waals surface area contributed by atoms with E-state index in [-0.39, 0.29) is 5.82 Å². The molecule has 1 atom stereocenters. The zero-order valence-corrected chi connectivity index (χ0v) is 11.0. The predicted octanol–water partition coefficient (Wildman–Crippen LogP) is 5.12. The fraction of sp³-hybridized carbons (Fsp3) is 0.500. The molecule has 0 spiro atoms. The van der Waals surface area contributed by atoms with E-state index in [1.807, 2.05) is 19.1 Å². The lowest BCUT2D eigenvalue weighted by Crippen LogP contribution is -2.08. The first kappa shape index (κ1) is 12.3. The molecule has 1 fully saturated rings. The summed E-state index contributed by atoms with van der Waals surface area (Å²) in [5.41, 5.74) is 5.04. The fourth-order valence-corrected chi connectivity index (χ4v) is 2.48. The monoisotopic (exact) mass is 232 g/mol. The molecule has 1 aliphatic carbocycles. The van der Waals surface area contributed by atoms with Gasteiger partial charge in [0.15, 0.2) is 0 Å². The summed E-state index contributed by atoms with van der Waals surface area (Å²) in [6.45, 7) is 6.35. The van der Waals surface area contributed by atoms with Crippen LogP contribution >= 0.6 is 0 Å². The molecule has 1 aliphatic rings. The maximum absolute atomic E-state index is 13.3. The molecule has 2 rings (SSSR count). The molecule has 1 aromatic carbocycles. The van der Waals surface area contributed by atoms with Crippen LogP contribution in [0.3, 0.4) is 0 Å². The van der Waals surface area contributed by atoms with Crippen LogP contribution in [0.2, 0.25) is 0 Å². The van der Waals surface area contributed by atoms with Gasteiger partial charge in [0.1, 0.15) is 5.82 Å². The first-order valence-corrected chi connectivity index (χ1v) is 6.62. The summed E-state index contributed by atoms with van der Waals surface area (Å²) in [7, 11) is 0. The zero-order valence-electron chi connectivity index (χ0n) is 11.0. The largest absolute Gasteiger partial charge is 0.207 e. The van der Waals surface area contributed by atoms with Gasteiger partial charge in [-0.2, -0.15) is 0 Å². The normalized spacial score (nSPS) is 16.6. The number of halogens is 1. The molecule has 92 valence electrons. The third-order valence-corrected chi connectivity index (χ3v) is 3.91. The van der Waals surface area contributed by atoms with Gasteiger partial charge in [-0.15, -0.1) is 0 Å². The zero-order chi connectivity index (χ0) is 12.4. The molecule has 0 heterocycles. The van der Waals surface area contributed by atoms with Crippen molar-refractivity contribution in [2.75, 3.05) is 0 Å². The minimum atomic E-state index is -0.101. The van der Waals surface area contributed by atoms with Crippen molar-refractivity contribution in [2.24, 2.45) is 5.92 Å². The van der Waals surface area contributed by atoms with Crippen molar-refractivity contribution in [3.63, 3.8) is 0 Å². The van der Waals surface area contributed by atoms with Gasteiger partial charge in [0.2, 0.25) is 0 Å². The molecule has 0 amide bonds. The van der Waals surface area contributed by atoms with Gasteiger partial charge in [0, 0.05) is 0 Å². The second kappa shape index (κ2) is 5.03. The molecule has 1 unspecified atom stereocenters. The Bertz CT molecular complexity index is 437. The van der Waals surface area contributed by atoms with E-state index in [0.717, 1.165) is 12.0 Å². The minimum absolute atomic E-state index is 0.101. The van der Waals surface area contributed by atoms with Gasteiger partial charge in [0.05, 0.1) is 0 Å². The van der Waals surface area contributed by atoms with E-state index in [0.29, 0.717) is 5.92 Å². The Hall–Kier alpha value is -1.11. The lowest BCUT2D eigenvalue weighted by atomic mass is 9.79. The van der Waals surface area contributed by atoms with E-state index in [4.69, 9.17) is 0 Å². The number of benzene rings is 1. The van der Waals surface area contributed by atoms with Gasteiger partial charge in [-0.05, 0) is 67.4 Å². The van der Waals surface area contributed by atoms with Gasteiger partial charge < -0.3 is 0 Å². The van der Waals surface area contributed by atoms with Crippen LogP contribution in [0.4, 0.5) is 4.39 Å². The molecule has 0 saturated heterocycles. The van der Waals surface area contributed by atoms with E-state index in [1.54, 1.807) is 11.6 Å². The van der Waals surface area contributed by atoms with Crippen LogP contribution in [0.15, 0.2) is 23.8 Å². The van der Waals surface area contributed by atoms with Crippen molar-refractivity contribution in [1.82, 2.24) is 0 Å². The Kier molecular flexibility index (Phi) is 3.66. The minimum Gasteiger partial charge on any atom is -0.207 e. The molecule has 0 aliphatic heterocycles. The molecule has 0 radical (unpaired) electrons. The Morgan fingerprint density at radius 1 is 1.35 bits per heavy atom. The van der Waals surface area contributed by atoms with Gasteiger partial charge in [0.25, 0.3) is 0 Å². The van der Waals surface area contributed by atoms with Crippen molar-refractivity contribution in [3.05, 3.63) is 40.7 Å². The number of hydrogen-bond donors (Lipinski definition) is 0. The molecule has 0 aromatic heterocycles. The first-order valence-electron chi connectivity index (χ1n) is 6.62. The first-order chi connectivity index (χ1) is 8.13. The van der Waals surface area contributed by atoms with E-state index < -0.39 is 0 Å². The molecule has 1 aromatic rings. The SMILES string of the molecule is CCC(C)C(=C1CCC1)c1ccc(F)c(C)c1. The Morgan fingerprint density at radius 3 is 2.53 bits per heavy atom. The van der Waals surface area contributed by atoms with E-state index >= 15 is 0 Å². The van der Waals surface area contributed by atoms with Crippen molar-refractivity contribution >= 4 is 5.57 Å². The summed E-state index contributed by atoms with van der Waals surface area (Å²) in [6.07, 6.45) is 4.93. The Morgan fingerprint density at radius 2 is 2.06 bits per heavy atom. The van der Waals surface area contributed by atoms with Gasteiger partial charge in [-0.1, -0.05) is 25.5 Å². The highest BCUT2D eigenvalue weighted by molar-refractivity contribution is 5.71. The average molecular weight is 232 g/mol. The van der Waals surface area contributed by atoms with Crippen LogP contribution < -0.4 is 0 Å². The number of rotatable bonds is 3. The summed E-state index contributed by atoms with van der Waals surface area (Å²) in [6, 6.07) is 5.55. The topological polar surface area (TPSA) is 0 Å². The number of allylic oxidation sites excluding steroid dienone is 2. The summed E-state index contributed by atoms with van der Waals surface area (Å²) < 4.78 is 13.3.